The minimum atomic E-state index is -0.398. The third-order valence-corrected chi connectivity index (χ3v) is 23.9. The molecule has 20 rings (SSSR count). The third-order valence-electron chi connectivity index (χ3n) is 21.5. The summed E-state index contributed by atoms with van der Waals surface area (Å²) in [5.74, 6) is 0. The van der Waals surface area contributed by atoms with E-state index in [-0.39, 0.29) is 141 Å². The lowest BCUT2D eigenvalue weighted by molar-refractivity contribution is 0.573. The van der Waals surface area contributed by atoms with Gasteiger partial charge in [0, 0.05) is 89.5 Å². The number of nitrogens with zero attached hydrogens (tertiary/aromatic N) is 1. The maximum atomic E-state index is 8.60. The Hall–Kier alpha value is -11.9. The molecule has 5 heteroatoms. The van der Waals surface area contributed by atoms with E-state index in [2.05, 4.69) is 230 Å². The molecule has 0 unspecified atom stereocenters. The van der Waals surface area contributed by atoms with E-state index in [1.54, 1.807) is 42.6 Å². The van der Waals surface area contributed by atoms with Gasteiger partial charge in [0.1, 0.15) is 22.3 Å². The van der Waals surface area contributed by atoms with Crippen molar-refractivity contribution in [3.05, 3.63) is 366 Å². The first-order valence-corrected chi connectivity index (χ1v) is 41.4. The molecule has 0 saturated heterocycles. The monoisotopic (exact) mass is 1580 g/mol. The number of para-hydroxylation sites is 4. The van der Waals surface area contributed by atoms with Gasteiger partial charge in [-0.25, -0.2) is 0 Å². The summed E-state index contributed by atoms with van der Waals surface area (Å²) in [4.78, 5) is 0. The highest BCUT2D eigenvalue weighted by Gasteiger charge is 2.27. The Labute approximate surface area is 723 Å². The first-order chi connectivity index (χ1) is 63.6. The minimum absolute atomic E-state index is 0.0166. The fourth-order valence-corrected chi connectivity index (χ4v) is 18.5. The molecular weight excluding hydrogens is 1460 g/mol. The summed E-state index contributed by atoms with van der Waals surface area (Å²) in [5.41, 5.74) is 17.3. The minimum Gasteiger partial charge on any atom is -0.456 e. The van der Waals surface area contributed by atoms with E-state index in [1.807, 2.05) is 91.0 Å². The first kappa shape index (κ1) is 59.8. The molecule has 0 aliphatic rings. The molecule has 0 aliphatic carbocycles. The molecular formula is C112H105NO2S2. The van der Waals surface area contributed by atoms with Gasteiger partial charge in [-0.1, -0.05) is 394 Å². The number of furan rings is 2. The summed E-state index contributed by atoms with van der Waals surface area (Å²) in [6.45, 7) is 36.0. The molecule has 0 aliphatic heterocycles. The molecule has 0 atom stereocenters. The molecule has 0 amide bonds. The van der Waals surface area contributed by atoms with E-state index in [4.69, 9.17) is 33.5 Å². The molecule has 117 heavy (non-hydrogen) atoms. The second-order valence-electron chi connectivity index (χ2n) is 35.0. The SMILES string of the molecule is CC(C)(C)c1ccc(-n2c3ccccc3c3ccccc32)cc1.[2H]c1c([2H])c(C)c([2H])c(-c2cccc3oc4cccc(C(C)(C)C)c4c23)c1[2H].[2H]c1c([2H])c(C)c([2H])c(-c2cccc3sc4cccc(C(C)(C)C)c4c23)c1[2H].[2H]c1c([2H])c([2H])c(-c2cccc3c2oc2c(C(C)(C)C)cccc23)c([2H])c1[2H].[2H]c1c([2H])c([2H])c(-c2cccc3c2sc2c(C(C)(C)C)cccc23)c([2H])c1[2H]. The molecule has 0 fully saturated rings. The largest absolute Gasteiger partial charge is 0.456 e. The number of hydrogen-bond acceptors (Lipinski definition) is 4. The highest BCUT2D eigenvalue weighted by molar-refractivity contribution is 7.26. The van der Waals surface area contributed by atoms with Crippen LogP contribution >= 0.6 is 22.7 Å². The smallest absolute Gasteiger partial charge is 0.143 e. The van der Waals surface area contributed by atoms with Crippen molar-refractivity contribution in [2.45, 2.75) is 145 Å². The van der Waals surface area contributed by atoms with Gasteiger partial charge in [0.05, 0.1) is 35.7 Å². The van der Waals surface area contributed by atoms with Gasteiger partial charge in [-0.15, -0.1) is 22.7 Å². The lowest BCUT2D eigenvalue weighted by Gasteiger charge is -2.21. The van der Waals surface area contributed by atoms with Crippen LogP contribution in [0.3, 0.4) is 0 Å². The standard InChI is InChI=1S/C23H22O.C23H22S.C22H21N.C22H20O.C22H20S/c2*1-15-8-5-9-16(14-15)17-10-6-12-19-21(17)22-18(23(2,3)4)11-7-13-20(22)24-19;1-22(2,3)16-12-14-17(15-13-16)23-20-10-6-4-8-18(20)19-9-5-7-11-21(19)23;2*1-22(2,3)19-14-8-13-18-17-12-7-11-16(20(17)23-21(18)19)15-9-5-4-6-10-15/h2*5-14H,1-4H3;4-15H,1-3H3;2*4-14H,1-3H3/i2*5D,8D,9D,14D;;2*4D,5D,6D,9D,10D. The van der Waals surface area contributed by atoms with E-state index in [1.165, 1.54) is 59.0 Å². The lowest BCUT2D eigenvalue weighted by Crippen LogP contribution is -2.11. The van der Waals surface area contributed by atoms with E-state index >= 15 is 0 Å². The summed E-state index contributed by atoms with van der Waals surface area (Å²) >= 11 is 3.35. The maximum Gasteiger partial charge on any atom is 0.143 e. The van der Waals surface area contributed by atoms with Crippen molar-refractivity contribution >= 4 is 129 Å². The topological polar surface area (TPSA) is 31.2 Å². The number of aromatic nitrogens is 1. The van der Waals surface area contributed by atoms with E-state index in [0.717, 1.165) is 75.0 Å². The fraction of sp³-hybridized carbons (Fsp3) is 0.196. The normalized spacial score (nSPS) is 14.3. The van der Waals surface area contributed by atoms with Crippen LogP contribution in [0, 0.1) is 13.8 Å². The van der Waals surface area contributed by atoms with Gasteiger partial charge in [0.2, 0.25) is 0 Å². The van der Waals surface area contributed by atoms with Crippen molar-refractivity contribution in [2.75, 3.05) is 0 Å². The van der Waals surface area contributed by atoms with E-state index < -0.39 is 6.04 Å². The summed E-state index contributed by atoms with van der Waals surface area (Å²) < 4.78 is 167. The van der Waals surface area contributed by atoms with Crippen LogP contribution in [0.25, 0.3) is 156 Å². The van der Waals surface area contributed by atoms with Crippen molar-refractivity contribution in [2.24, 2.45) is 0 Å². The van der Waals surface area contributed by atoms with Gasteiger partial charge in [-0.05, 0) is 151 Å². The summed E-state index contributed by atoms with van der Waals surface area (Å²) in [7, 11) is 0. The molecule has 5 heterocycles. The molecule has 0 radical (unpaired) electrons. The van der Waals surface area contributed by atoms with Gasteiger partial charge < -0.3 is 13.4 Å². The Morgan fingerprint density at radius 2 is 0.692 bits per heavy atom. The van der Waals surface area contributed by atoms with Gasteiger partial charge in [0.15, 0.2) is 0 Å². The zero-order valence-electron chi connectivity index (χ0n) is 87.4. The molecule has 20 aromatic rings. The summed E-state index contributed by atoms with van der Waals surface area (Å²) in [6.07, 6.45) is 0. The number of fused-ring (bicyclic) bond motifs is 15. The lowest BCUT2D eigenvalue weighted by atomic mass is 9.83. The number of thiophene rings is 2. The molecule has 5 aromatic heterocycles. The average Bonchev–Trinajstić information content (AvgIpc) is 1.63. The molecule has 15 aromatic carbocycles. The maximum absolute atomic E-state index is 8.60. The van der Waals surface area contributed by atoms with Crippen LogP contribution in [-0.2, 0) is 27.1 Å². The Bertz CT molecular complexity index is 7640. The van der Waals surface area contributed by atoms with Crippen molar-refractivity contribution in [3.8, 4) is 50.2 Å². The third kappa shape index (κ3) is 15.8. The van der Waals surface area contributed by atoms with Crippen LogP contribution < -0.4 is 0 Å². The second-order valence-corrected chi connectivity index (χ2v) is 37.1. The molecule has 0 saturated carbocycles. The van der Waals surface area contributed by atoms with Crippen LogP contribution in [0.5, 0.6) is 0 Å². The quantitative estimate of drug-likeness (QED) is 0.172. The predicted octanol–water partition coefficient (Wildman–Crippen LogP) is 33.8. The van der Waals surface area contributed by atoms with Gasteiger partial charge in [0.25, 0.3) is 0 Å². The zero-order chi connectivity index (χ0) is 97.5. The van der Waals surface area contributed by atoms with Gasteiger partial charge in [-0.2, -0.15) is 0 Å². The van der Waals surface area contributed by atoms with Crippen molar-refractivity contribution in [3.63, 3.8) is 0 Å². The molecule has 0 N–H and O–H groups in total. The van der Waals surface area contributed by atoms with Crippen LogP contribution in [0.1, 0.15) is 167 Å². The average molecular weight is 1580 g/mol. The Kier molecular flexibility index (Phi) is 16.2. The van der Waals surface area contributed by atoms with E-state index in [0.29, 0.717) is 50.1 Å². The zero-order valence-corrected chi connectivity index (χ0v) is 71.0. The predicted molar refractivity (Wildman–Crippen MR) is 512 cm³/mol. The highest BCUT2D eigenvalue weighted by Crippen LogP contribution is 2.48. The van der Waals surface area contributed by atoms with Crippen LogP contribution in [0.4, 0.5) is 0 Å². The summed E-state index contributed by atoms with van der Waals surface area (Å²) in [5, 5.41) is 10.7. The van der Waals surface area contributed by atoms with E-state index in [9.17, 15) is 0 Å². The molecule has 3 nitrogen and oxygen atoms in total. The number of benzene rings is 15. The Morgan fingerprint density at radius 3 is 1.26 bits per heavy atom. The number of hydrogen-bond donors (Lipinski definition) is 0. The fourth-order valence-electron chi connectivity index (χ4n) is 15.8. The Balaban J connectivity index is 0.000000123. The van der Waals surface area contributed by atoms with Crippen LogP contribution in [0.15, 0.2) is 336 Å². The van der Waals surface area contributed by atoms with Crippen molar-refractivity contribution in [1.82, 2.24) is 4.57 Å². The van der Waals surface area contributed by atoms with Gasteiger partial charge >= 0.3 is 0 Å². The highest BCUT2D eigenvalue weighted by atomic mass is 32.1. The Morgan fingerprint density at radius 1 is 0.282 bits per heavy atom. The second kappa shape index (κ2) is 31.6. The number of rotatable bonds is 5. The van der Waals surface area contributed by atoms with Crippen molar-refractivity contribution in [1.29, 1.82) is 0 Å². The van der Waals surface area contributed by atoms with Gasteiger partial charge in [-0.3, -0.25) is 0 Å². The molecule has 0 spiro atoms. The molecule has 582 valence electrons. The molecule has 0 bridgehead atoms. The van der Waals surface area contributed by atoms with Crippen LogP contribution in [0.2, 0.25) is 0 Å². The summed E-state index contributed by atoms with van der Waals surface area (Å²) in [6, 6.07) is 70.8. The first-order valence-electron chi connectivity index (χ1n) is 48.7. The van der Waals surface area contributed by atoms with Crippen molar-refractivity contribution < 1.29 is 33.5 Å². The van der Waals surface area contributed by atoms with Crippen LogP contribution in [-0.4, -0.2) is 4.57 Å².